The maximum Gasteiger partial charge on any atom is 0.264 e. The number of aryl methyl sites for hydroxylation is 1. The number of aromatic amines is 1. The predicted molar refractivity (Wildman–Crippen MR) is 86.9 cm³/mol. The lowest BCUT2D eigenvalue weighted by molar-refractivity contribution is 0.0950. The van der Waals surface area contributed by atoms with Crippen LogP contribution in [0.5, 0.6) is 0 Å². The van der Waals surface area contributed by atoms with Crippen molar-refractivity contribution < 1.29 is 4.79 Å². The molecule has 0 aromatic carbocycles. The molecule has 0 aliphatic heterocycles. The van der Waals surface area contributed by atoms with Crippen LogP contribution in [0.4, 0.5) is 0 Å². The van der Waals surface area contributed by atoms with E-state index in [0.29, 0.717) is 23.6 Å². The first-order valence-electron chi connectivity index (χ1n) is 6.99. The molecule has 118 valence electrons. The van der Waals surface area contributed by atoms with Crippen molar-refractivity contribution in [3.63, 3.8) is 0 Å². The predicted octanol–water partition coefficient (Wildman–Crippen LogP) is 1.56. The Hall–Kier alpha value is -2.74. The Bertz CT molecular complexity index is 888. The Balaban J connectivity index is 1.76. The van der Waals surface area contributed by atoms with Gasteiger partial charge in [-0.25, -0.2) is 9.78 Å². The first-order valence-corrected chi connectivity index (χ1v) is 7.80. The van der Waals surface area contributed by atoms with Crippen LogP contribution in [0.1, 0.15) is 25.8 Å². The maximum absolute atomic E-state index is 12.3. The van der Waals surface area contributed by atoms with E-state index < -0.39 is 0 Å². The molecule has 0 radical (unpaired) electrons. The molecule has 1 amide bonds. The molecule has 3 rings (SSSR count). The zero-order chi connectivity index (χ0) is 16.4. The second-order valence-electron chi connectivity index (χ2n) is 5.03. The van der Waals surface area contributed by atoms with Crippen molar-refractivity contribution in [2.24, 2.45) is 0 Å². The number of carbonyl (C=O) groups is 1. The van der Waals surface area contributed by atoms with E-state index in [0.717, 1.165) is 4.88 Å². The highest BCUT2D eigenvalue weighted by molar-refractivity contribution is 7.11. The lowest BCUT2D eigenvalue weighted by Crippen LogP contribution is -2.23. The molecule has 23 heavy (non-hydrogen) atoms. The minimum Gasteiger partial charge on any atom is -0.347 e. The highest BCUT2D eigenvalue weighted by Gasteiger charge is 2.15. The van der Waals surface area contributed by atoms with Gasteiger partial charge in [0.15, 0.2) is 5.82 Å². The van der Waals surface area contributed by atoms with E-state index in [1.54, 1.807) is 24.3 Å². The lowest BCUT2D eigenvalue weighted by Gasteiger charge is -2.05. The molecule has 0 saturated carbocycles. The minimum absolute atomic E-state index is 0.191. The highest BCUT2D eigenvalue weighted by atomic mass is 32.1. The van der Waals surface area contributed by atoms with Crippen LogP contribution >= 0.6 is 11.3 Å². The van der Waals surface area contributed by atoms with Crippen LogP contribution < -0.4 is 10.9 Å². The first-order chi connectivity index (χ1) is 11.0. The second kappa shape index (κ2) is 6.17. The zero-order valence-corrected chi connectivity index (χ0v) is 13.5. The number of hydrogen-bond acceptors (Lipinski definition) is 5. The summed E-state index contributed by atoms with van der Waals surface area (Å²) in [6, 6.07) is 6.94. The van der Waals surface area contributed by atoms with Gasteiger partial charge < -0.3 is 5.32 Å². The molecule has 0 bridgehead atoms. The summed E-state index contributed by atoms with van der Waals surface area (Å²) >= 11 is 1.65. The molecule has 0 aliphatic rings. The average molecular weight is 329 g/mol. The molecule has 0 saturated heterocycles. The Morgan fingerprint density at radius 3 is 2.78 bits per heavy atom. The number of thiophene rings is 1. The van der Waals surface area contributed by atoms with Crippen LogP contribution in [0.15, 0.2) is 35.3 Å². The molecule has 3 aromatic heterocycles. The fraction of sp³-hybridized carbons (Fsp3) is 0.200. The molecule has 0 fully saturated rings. The van der Waals surface area contributed by atoms with Crippen LogP contribution in [-0.4, -0.2) is 25.9 Å². The fourth-order valence-corrected chi connectivity index (χ4v) is 2.99. The minimum atomic E-state index is -0.289. The second-order valence-corrected chi connectivity index (χ2v) is 6.40. The Kier molecular flexibility index (Phi) is 4.07. The average Bonchev–Trinajstić information content (AvgIpc) is 3.12. The van der Waals surface area contributed by atoms with Crippen molar-refractivity contribution in [2.45, 2.75) is 20.4 Å². The van der Waals surface area contributed by atoms with Crippen molar-refractivity contribution in [3.05, 3.63) is 61.8 Å². The number of aromatic nitrogens is 4. The van der Waals surface area contributed by atoms with Gasteiger partial charge in [-0.05, 0) is 32.0 Å². The number of H-pyrrole nitrogens is 1. The third-order valence-electron chi connectivity index (χ3n) is 3.36. The molecule has 3 heterocycles. The van der Waals surface area contributed by atoms with Crippen LogP contribution in [0.2, 0.25) is 0 Å². The Morgan fingerprint density at radius 1 is 1.30 bits per heavy atom. The fourth-order valence-electron chi connectivity index (χ4n) is 2.16. The van der Waals surface area contributed by atoms with Gasteiger partial charge in [-0.3, -0.25) is 9.59 Å². The summed E-state index contributed by atoms with van der Waals surface area (Å²) in [4.78, 5) is 25.7. The molecule has 0 atom stereocenters. The van der Waals surface area contributed by atoms with E-state index in [9.17, 15) is 9.59 Å². The van der Waals surface area contributed by atoms with Gasteiger partial charge in [0.25, 0.3) is 11.5 Å². The molecule has 0 aliphatic carbocycles. The summed E-state index contributed by atoms with van der Waals surface area (Å²) in [6.07, 6.45) is 1.50. The van der Waals surface area contributed by atoms with Crippen LogP contribution in [-0.2, 0) is 6.54 Å². The molecule has 7 nitrogen and oxygen atoms in total. The molecule has 3 aromatic rings. The number of nitrogens with zero attached hydrogens (tertiary/aromatic N) is 3. The van der Waals surface area contributed by atoms with E-state index >= 15 is 0 Å². The van der Waals surface area contributed by atoms with Crippen molar-refractivity contribution in [1.29, 1.82) is 0 Å². The van der Waals surface area contributed by atoms with Crippen LogP contribution in [0.25, 0.3) is 5.82 Å². The smallest absolute Gasteiger partial charge is 0.264 e. The van der Waals surface area contributed by atoms with E-state index in [4.69, 9.17) is 0 Å². The summed E-state index contributed by atoms with van der Waals surface area (Å²) in [5.41, 5.74) is 0.846. The van der Waals surface area contributed by atoms with Gasteiger partial charge in [0.05, 0.1) is 24.0 Å². The number of nitrogens with one attached hydrogen (secondary N) is 2. The number of hydrogen-bond donors (Lipinski definition) is 2. The van der Waals surface area contributed by atoms with Crippen LogP contribution in [0.3, 0.4) is 0 Å². The normalized spacial score (nSPS) is 10.7. The first kappa shape index (κ1) is 15.2. The monoisotopic (exact) mass is 329 g/mol. The third-order valence-corrected chi connectivity index (χ3v) is 4.36. The third kappa shape index (κ3) is 3.21. The largest absolute Gasteiger partial charge is 0.347 e. The van der Waals surface area contributed by atoms with E-state index in [2.05, 4.69) is 20.6 Å². The molecular formula is C15H15N5O2S. The summed E-state index contributed by atoms with van der Waals surface area (Å²) in [7, 11) is 0. The molecular weight excluding hydrogens is 314 g/mol. The zero-order valence-electron chi connectivity index (χ0n) is 12.7. The number of amides is 1. The maximum atomic E-state index is 12.3. The van der Waals surface area contributed by atoms with E-state index in [1.165, 1.54) is 21.8 Å². The molecule has 8 heteroatoms. The van der Waals surface area contributed by atoms with Gasteiger partial charge in [-0.15, -0.1) is 11.3 Å². The van der Waals surface area contributed by atoms with Gasteiger partial charge >= 0.3 is 0 Å². The van der Waals surface area contributed by atoms with Crippen molar-refractivity contribution in [2.75, 3.05) is 0 Å². The summed E-state index contributed by atoms with van der Waals surface area (Å²) in [6.45, 7) is 4.30. The van der Waals surface area contributed by atoms with Crippen molar-refractivity contribution >= 4 is 17.2 Å². The van der Waals surface area contributed by atoms with E-state index in [-0.39, 0.29) is 11.5 Å². The summed E-state index contributed by atoms with van der Waals surface area (Å²) in [5.74, 6) is 0.263. The number of rotatable bonds is 4. The van der Waals surface area contributed by atoms with Gasteiger partial charge in [0.1, 0.15) is 0 Å². The van der Waals surface area contributed by atoms with Gasteiger partial charge in [-0.2, -0.15) is 10.2 Å². The summed E-state index contributed by atoms with van der Waals surface area (Å²) < 4.78 is 1.51. The Morgan fingerprint density at radius 2 is 2.13 bits per heavy atom. The summed E-state index contributed by atoms with van der Waals surface area (Å²) in [5, 5.41) is 13.3. The quantitative estimate of drug-likeness (QED) is 0.760. The molecule has 0 spiro atoms. The number of carbonyl (C=O) groups excluding carboxylic acids is 1. The van der Waals surface area contributed by atoms with Crippen molar-refractivity contribution in [1.82, 2.24) is 25.3 Å². The lowest BCUT2D eigenvalue weighted by atomic mass is 10.2. The molecule has 0 unspecified atom stereocenters. The van der Waals surface area contributed by atoms with Crippen LogP contribution in [0, 0.1) is 13.8 Å². The van der Waals surface area contributed by atoms with Gasteiger partial charge in [0.2, 0.25) is 0 Å². The van der Waals surface area contributed by atoms with Gasteiger partial charge in [-0.1, -0.05) is 0 Å². The highest BCUT2D eigenvalue weighted by Crippen LogP contribution is 2.15. The van der Waals surface area contributed by atoms with Gasteiger partial charge in [0, 0.05) is 15.8 Å². The standard InChI is InChI=1S/C15H15N5O2S/c1-9-3-4-11(23-9)7-16-15(22)12-8-17-20(10(12)2)13-5-6-14(21)19-18-13/h3-6,8H,7H2,1-2H3,(H,16,22)(H,19,21). The SMILES string of the molecule is Cc1ccc(CNC(=O)c2cnn(-c3ccc(=O)[nH]n3)c2C)s1. The molecule has 2 N–H and O–H groups in total. The topological polar surface area (TPSA) is 92.7 Å². The van der Waals surface area contributed by atoms with Crippen molar-refractivity contribution in [3.8, 4) is 5.82 Å². The van der Waals surface area contributed by atoms with E-state index in [1.807, 2.05) is 19.1 Å². The Labute approximate surface area is 136 Å².